The van der Waals surface area contributed by atoms with Crippen LogP contribution in [-0.2, 0) is 4.84 Å². The molecular weight excluding hydrogens is 182 g/mol. The summed E-state index contributed by atoms with van der Waals surface area (Å²) in [6.45, 7) is 4.17. The molecule has 1 rings (SSSR count). The van der Waals surface area contributed by atoms with Crippen molar-refractivity contribution >= 4 is 11.7 Å². The fraction of sp³-hybridized carbons (Fsp3) is 0.300. The molecule has 0 saturated heterocycles. The van der Waals surface area contributed by atoms with E-state index in [4.69, 9.17) is 9.94 Å². The summed E-state index contributed by atoms with van der Waals surface area (Å²) >= 11 is 0. The van der Waals surface area contributed by atoms with Crippen LogP contribution < -0.4 is 5.48 Å². The Bertz CT molecular complexity index is 336. The van der Waals surface area contributed by atoms with Gasteiger partial charge in [-0.3, -0.25) is 10.3 Å². The number of aromatic carboxylic acids is 1. The molecule has 0 amide bonds. The summed E-state index contributed by atoms with van der Waals surface area (Å²) in [5, 5.41) is 8.78. The van der Waals surface area contributed by atoms with E-state index in [0.717, 1.165) is 5.69 Å². The van der Waals surface area contributed by atoms with Gasteiger partial charge in [0.05, 0.1) is 17.9 Å². The van der Waals surface area contributed by atoms with E-state index < -0.39 is 5.97 Å². The molecule has 1 aromatic carbocycles. The van der Waals surface area contributed by atoms with Crippen molar-refractivity contribution in [3.8, 4) is 0 Å². The maximum absolute atomic E-state index is 10.7. The van der Waals surface area contributed by atoms with E-state index in [0.29, 0.717) is 17.7 Å². The molecule has 0 aliphatic rings. The first-order chi connectivity index (χ1) is 6.65. The van der Waals surface area contributed by atoms with Crippen molar-refractivity contribution in [3.63, 3.8) is 0 Å². The zero-order valence-electron chi connectivity index (χ0n) is 8.20. The van der Waals surface area contributed by atoms with E-state index in [1.165, 1.54) is 0 Å². The number of hydrogen-bond acceptors (Lipinski definition) is 3. The van der Waals surface area contributed by atoms with Gasteiger partial charge in [-0.25, -0.2) is 4.79 Å². The highest BCUT2D eigenvalue weighted by Gasteiger charge is 2.06. The molecular formula is C10H13NO3. The van der Waals surface area contributed by atoms with Crippen molar-refractivity contribution in [2.45, 2.75) is 13.8 Å². The molecule has 0 bridgehead atoms. The van der Waals surface area contributed by atoms with Crippen molar-refractivity contribution in [1.29, 1.82) is 0 Å². The Balaban J connectivity index is 2.83. The normalized spacial score (nSPS) is 9.86. The molecule has 0 fully saturated rings. The number of carboxylic acid groups (broad SMARTS) is 1. The molecule has 2 N–H and O–H groups in total. The Hall–Kier alpha value is -1.55. The van der Waals surface area contributed by atoms with Gasteiger partial charge in [-0.05, 0) is 37.6 Å². The Kier molecular flexibility index (Phi) is 3.48. The van der Waals surface area contributed by atoms with Gasteiger partial charge in [-0.2, -0.15) is 0 Å². The number of hydrogen-bond donors (Lipinski definition) is 2. The van der Waals surface area contributed by atoms with E-state index in [2.05, 4.69) is 5.48 Å². The Morgan fingerprint density at radius 3 is 2.79 bits per heavy atom. The Labute approximate surface area is 82.5 Å². The molecule has 0 unspecified atom stereocenters. The third-order valence-corrected chi connectivity index (χ3v) is 1.79. The summed E-state index contributed by atoms with van der Waals surface area (Å²) in [5.41, 5.74) is 4.49. The number of anilines is 1. The second kappa shape index (κ2) is 4.62. The van der Waals surface area contributed by atoms with Crippen LogP contribution in [0.25, 0.3) is 0 Å². The van der Waals surface area contributed by atoms with Crippen molar-refractivity contribution in [1.82, 2.24) is 0 Å². The maximum atomic E-state index is 10.7. The molecule has 0 aliphatic carbocycles. The van der Waals surface area contributed by atoms with Gasteiger partial charge in [0.2, 0.25) is 0 Å². The number of rotatable bonds is 4. The Morgan fingerprint density at radius 1 is 1.57 bits per heavy atom. The van der Waals surface area contributed by atoms with E-state index in [1.54, 1.807) is 25.1 Å². The van der Waals surface area contributed by atoms with E-state index in [-0.39, 0.29) is 0 Å². The first kappa shape index (κ1) is 10.5. The lowest BCUT2D eigenvalue weighted by atomic mass is 10.1. The number of aryl methyl sites for hydroxylation is 1. The van der Waals surface area contributed by atoms with Crippen LogP contribution in [0.2, 0.25) is 0 Å². The van der Waals surface area contributed by atoms with Crippen LogP contribution in [0.3, 0.4) is 0 Å². The summed E-state index contributed by atoms with van der Waals surface area (Å²) in [5.74, 6) is -0.912. The summed E-state index contributed by atoms with van der Waals surface area (Å²) < 4.78 is 0. The predicted octanol–water partition coefficient (Wildman–Crippen LogP) is 2.06. The minimum atomic E-state index is -0.912. The van der Waals surface area contributed by atoms with Crippen molar-refractivity contribution in [2.75, 3.05) is 12.1 Å². The molecule has 0 atom stereocenters. The highest BCUT2D eigenvalue weighted by Crippen LogP contribution is 2.14. The van der Waals surface area contributed by atoms with Gasteiger partial charge < -0.3 is 5.11 Å². The van der Waals surface area contributed by atoms with Crippen LogP contribution in [0.5, 0.6) is 0 Å². The van der Waals surface area contributed by atoms with E-state index in [1.807, 2.05) is 6.92 Å². The van der Waals surface area contributed by atoms with E-state index in [9.17, 15) is 4.79 Å². The third-order valence-electron chi connectivity index (χ3n) is 1.79. The zero-order chi connectivity index (χ0) is 10.6. The average molecular weight is 195 g/mol. The smallest absolute Gasteiger partial charge is 0.335 e. The molecule has 0 aliphatic heterocycles. The molecule has 4 heteroatoms. The van der Waals surface area contributed by atoms with Crippen LogP contribution in [0.4, 0.5) is 5.69 Å². The second-order valence-corrected chi connectivity index (χ2v) is 2.87. The van der Waals surface area contributed by atoms with Crippen LogP contribution >= 0.6 is 0 Å². The molecule has 76 valence electrons. The molecule has 0 saturated carbocycles. The topological polar surface area (TPSA) is 58.6 Å². The summed E-state index contributed by atoms with van der Waals surface area (Å²) in [7, 11) is 0. The van der Waals surface area contributed by atoms with Gasteiger partial charge in [0.15, 0.2) is 0 Å². The standard InChI is InChI=1S/C10H13NO3/c1-3-14-11-8-4-5-9(10(12)13)7(2)6-8/h4-6,11H,3H2,1-2H3,(H,12,13). The lowest BCUT2D eigenvalue weighted by Crippen LogP contribution is -2.03. The molecule has 0 heterocycles. The maximum Gasteiger partial charge on any atom is 0.335 e. The van der Waals surface area contributed by atoms with Gasteiger partial charge in [-0.15, -0.1) is 0 Å². The summed E-state index contributed by atoms with van der Waals surface area (Å²) in [6, 6.07) is 4.96. The van der Waals surface area contributed by atoms with Gasteiger partial charge >= 0.3 is 5.97 Å². The van der Waals surface area contributed by atoms with Gasteiger partial charge in [-0.1, -0.05) is 0 Å². The zero-order valence-corrected chi connectivity index (χ0v) is 8.20. The average Bonchev–Trinajstić information content (AvgIpc) is 2.14. The minimum Gasteiger partial charge on any atom is -0.478 e. The number of nitrogens with one attached hydrogen (secondary N) is 1. The van der Waals surface area contributed by atoms with Gasteiger partial charge in [0.1, 0.15) is 0 Å². The number of benzene rings is 1. The molecule has 0 aromatic heterocycles. The molecule has 1 aromatic rings. The van der Waals surface area contributed by atoms with Crippen LogP contribution in [-0.4, -0.2) is 17.7 Å². The van der Waals surface area contributed by atoms with Crippen LogP contribution in [0, 0.1) is 6.92 Å². The monoisotopic (exact) mass is 195 g/mol. The second-order valence-electron chi connectivity index (χ2n) is 2.87. The van der Waals surface area contributed by atoms with Crippen LogP contribution in [0.15, 0.2) is 18.2 Å². The molecule has 0 radical (unpaired) electrons. The summed E-state index contributed by atoms with van der Waals surface area (Å²) in [4.78, 5) is 15.7. The summed E-state index contributed by atoms with van der Waals surface area (Å²) in [6.07, 6.45) is 0. The first-order valence-corrected chi connectivity index (χ1v) is 4.37. The highest BCUT2D eigenvalue weighted by molar-refractivity contribution is 5.89. The quantitative estimate of drug-likeness (QED) is 0.722. The molecule has 0 spiro atoms. The predicted molar refractivity (Wildman–Crippen MR) is 53.4 cm³/mol. The lowest BCUT2D eigenvalue weighted by Gasteiger charge is -2.07. The Morgan fingerprint density at radius 2 is 2.29 bits per heavy atom. The fourth-order valence-corrected chi connectivity index (χ4v) is 1.12. The van der Waals surface area contributed by atoms with Crippen LogP contribution in [0.1, 0.15) is 22.8 Å². The van der Waals surface area contributed by atoms with Crippen molar-refractivity contribution in [3.05, 3.63) is 29.3 Å². The molecule has 4 nitrogen and oxygen atoms in total. The minimum absolute atomic E-state index is 0.312. The highest BCUT2D eigenvalue weighted by atomic mass is 16.6. The number of carbonyl (C=O) groups is 1. The fourth-order valence-electron chi connectivity index (χ4n) is 1.12. The molecule has 14 heavy (non-hydrogen) atoms. The number of carboxylic acids is 1. The van der Waals surface area contributed by atoms with Gasteiger partial charge in [0.25, 0.3) is 0 Å². The lowest BCUT2D eigenvalue weighted by molar-refractivity contribution is 0.0696. The van der Waals surface area contributed by atoms with Crippen molar-refractivity contribution in [2.24, 2.45) is 0 Å². The third kappa shape index (κ3) is 2.47. The SMILES string of the molecule is CCONc1ccc(C(=O)O)c(C)c1. The van der Waals surface area contributed by atoms with Crippen molar-refractivity contribution < 1.29 is 14.7 Å². The van der Waals surface area contributed by atoms with E-state index >= 15 is 0 Å². The first-order valence-electron chi connectivity index (χ1n) is 4.37. The largest absolute Gasteiger partial charge is 0.478 e. The van der Waals surface area contributed by atoms with Gasteiger partial charge in [0, 0.05) is 0 Å².